The van der Waals surface area contributed by atoms with Gasteiger partial charge in [-0.15, -0.1) is 0 Å². The van der Waals surface area contributed by atoms with Crippen LogP contribution in [0, 0.1) is 6.92 Å². The zero-order valence-corrected chi connectivity index (χ0v) is 11.1. The Kier molecular flexibility index (Phi) is 3.69. The molecule has 0 radical (unpaired) electrons. The fourth-order valence-corrected chi connectivity index (χ4v) is 2.73. The van der Waals surface area contributed by atoms with Gasteiger partial charge in [-0.3, -0.25) is 0 Å². The van der Waals surface area contributed by atoms with Crippen molar-refractivity contribution in [1.29, 1.82) is 0 Å². The Balaban J connectivity index is 2.05. The van der Waals surface area contributed by atoms with Gasteiger partial charge in [0.15, 0.2) is 0 Å². The van der Waals surface area contributed by atoms with Crippen LogP contribution in [0.4, 0.5) is 5.69 Å². The minimum Gasteiger partial charge on any atom is -0.399 e. The summed E-state index contributed by atoms with van der Waals surface area (Å²) in [6, 6.07) is 6.33. The standard InChI is InChI=1S/C14H23N3/c1-11-10-13(15)4-5-14(11)12-6-8-17(9-7-12)16(2)3/h4-5,10,12H,6-9,15H2,1-3H3. The van der Waals surface area contributed by atoms with Crippen molar-refractivity contribution < 1.29 is 0 Å². The molecule has 1 aromatic carbocycles. The van der Waals surface area contributed by atoms with Crippen molar-refractivity contribution in [3.8, 4) is 0 Å². The van der Waals surface area contributed by atoms with Gasteiger partial charge in [-0.1, -0.05) is 6.07 Å². The molecular weight excluding hydrogens is 210 g/mol. The number of anilines is 1. The van der Waals surface area contributed by atoms with Gasteiger partial charge in [0.25, 0.3) is 0 Å². The van der Waals surface area contributed by atoms with Crippen LogP contribution in [-0.4, -0.2) is 37.2 Å². The molecule has 17 heavy (non-hydrogen) atoms. The molecule has 0 amide bonds. The first-order valence-electron chi connectivity index (χ1n) is 6.36. The predicted octanol–water partition coefficient (Wildman–Crippen LogP) is 2.23. The molecule has 94 valence electrons. The first-order valence-corrected chi connectivity index (χ1v) is 6.36. The number of hydrogen-bond acceptors (Lipinski definition) is 3. The Hall–Kier alpha value is -1.06. The summed E-state index contributed by atoms with van der Waals surface area (Å²) in [4.78, 5) is 0. The topological polar surface area (TPSA) is 32.5 Å². The molecule has 1 aromatic rings. The van der Waals surface area contributed by atoms with E-state index in [-0.39, 0.29) is 0 Å². The van der Waals surface area contributed by atoms with Gasteiger partial charge in [0.2, 0.25) is 0 Å². The summed E-state index contributed by atoms with van der Waals surface area (Å²) in [7, 11) is 4.24. The summed E-state index contributed by atoms with van der Waals surface area (Å²) in [5.74, 6) is 0.701. The maximum absolute atomic E-state index is 5.80. The number of nitrogens with zero attached hydrogens (tertiary/aromatic N) is 2. The van der Waals surface area contributed by atoms with E-state index in [1.54, 1.807) is 0 Å². The second kappa shape index (κ2) is 5.07. The molecule has 3 heteroatoms. The molecule has 0 aliphatic carbocycles. The summed E-state index contributed by atoms with van der Waals surface area (Å²) in [6.45, 7) is 4.48. The van der Waals surface area contributed by atoms with Crippen molar-refractivity contribution in [1.82, 2.24) is 10.0 Å². The minimum atomic E-state index is 0.701. The van der Waals surface area contributed by atoms with Crippen molar-refractivity contribution in [2.45, 2.75) is 25.7 Å². The molecule has 0 saturated carbocycles. The lowest BCUT2D eigenvalue weighted by molar-refractivity contribution is 0.00227. The third-order valence-electron chi connectivity index (χ3n) is 3.77. The van der Waals surface area contributed by atoms with Gasteiger partial charge in [0.05, 0.1) is 0 Å². The zero-order chi connectivity index (χ0) is 12.4. The third-order valence-corrected chi connectivity index (χ3v) is 3.77. The molecule has 1 saturated heterocycles. The van der Waals surface area contributed by atoms with E-state index in [2.05, 4.69) is 43.2 Å². The molecule has 0 unspecified atom stereocenters. The van der Waals surface area contributed by atoms with E-state index in [1.807, 2.05) is 6.07 Å². The first kappa shape index (κ1) is 12.4. The van der Waals surface area contributed by atoms with E-state index in [4.69, 9.17) is 5.73 Å². The van der Waals surface area contributed by atoms with Crippen molar-refractivity contribution in [3.63, 3.8) is 0 Å². The molecule has 0 aromatic heterocycles. The van der Waals surface area contributed by atoms with Crippen LogP contribution < -0.4 is 5.73 Å². The summed E-state index contributed by atoms with van der Waals surface area (Å²) in [6.07, 6.45) is 2.48. The van der Waals surface area contributed by atoms with Crippen molar-refractivity contribution >= 4 is 5.69 Å². The molecular formula is C14H23N3. The van der Waals surface area contributed by atoms with E-state index in [0.717, 1.165) is 18.8 Å². The van der Waals surface area contributed by atoms with Crippen molar-refractivity contribution in [2.24, 2.45) is 0 Å². The van der Waals surface area contributed by atoms with Crippen molar-refractivity contribution in [3.05, 3.63) is 29.3 Å². The van der Waals surface area contributed by atoms with Crippen LogP contribution in [0.1, 0.15) is 29.9 Å². The van der Waals surface area contributed by atoms with E-state index in [9.17, 15) is 0 Å². The molecule has 2 rings (SSSR count). The number of nitrogen functional groups attached to an aromatic ring is 1. The largest absolute Gasteiger partial charge is 0.399 e. The van der Waals surface area contributed by atoms with Gasteiger partial charge in [-0.05, 0) is 48.9 Å². The second-order valence-corrected chi connectivity index (χ2v) is 5.19. The number of hydrazine groups is 1. The van der Waals surface area contributed by atoms with E-state index in [0.29, 0.717) is 5.92 Å². The molecule has 0 atom stereocenters. The predicted molar refractivity (Wildman–Crippen MR) is 72.8 cm³/mol. The Morgan fingerprint density at radius 1 is 1.24 bits per heavy atom. The van der Waals surface area contributed by atoms with Gasteiger partial charge >= 0.3 is 0 Å². The number of benzene rings is 1. The van der Waals surface area contributed by atoms with E-state index in [1.165, 1.54) is 24.0 Å². The third kappa shape index (κ3) is 2.79. The highest BCUT2D eigenvalue weighted by atomic mass is 15.6. The highest BCUT2D eigenvalue weighted by molar-refractivity contribution is 5.45. The molecule has 1 aliphatic rings. The Morgan fingerprint density at radius 2 is 1.88 bits per heavy atom. The van der Waals surface area contributed by atoms with Gasteiger partial charge in [-0.25, -0.2) is 10.0 Å². The lowest BCUT2D eigenvalue weighted by Crippen LogP contribution is -2.42. The first-order chi connectivity index (χ1) is 8.08. The fraction of sp³-hybridized carbons (Fsp3) is 0.571. The number of rotatable bonds is 2. The van der Waals surface area contributed by atoms with Crippen LogP contribution >= 0.6 is 0 Å². The quantitative estimate of drug-likeness (QED) is 0.795. The Morgan fingerprint density at radius 3 is 2.41 bits per heavy atom. The van der Waals surface area contributed by atoms with Gasteiger partial charge in [0, 0.05) is 32.9 Å². The average Bonchev–Trinajstić information content (AvgIpc) is 2.29. The highest BCUT2D eigenvalue weighted by Gasteiger charge is 2.22. The minimum absolute atomic E-state index is 0.701. The molecule has 1 fully saturated rings. The molecule has 3 nitrogen and oxygen atoms in total. The lowest BCUT2D eigenvalue weighted by atomic mass is 9.87. The second-order valence-electron chi connectivity index (χ2n) is 5.19. The lowest BCUT2D eigenvalue weighted by Gasteiger charge is -2.36. The number of hydrogen-bond donors (Lipinski definition) is 1. The number of aryl methyl sites for hydroxylation is 1. The molecule has 2 N–H and O–H groups in total. The average molecular weight is 233 g/mol. The van der Waals surface area contributed by atoms with Gasteiger partial charge < -0.3 is 5.73 Å². The molecule has 1 heterocycles. The Labute approximate surface area is 104 Å². The zero-order valence-electron chi connectivity index (χ0n) is 11.1. The molecule has 1 aliphatic heterocycles. The van der Waals surface area contributed by atoms with Crippen LogP contribution in [-0.2, 0) is 0 Å². The van der Waals surface area contributed by atoms with Crippen LogP contribution in [0.15, 0.2) is 18.2 Å². The molecule has 0 spiro atoms. The monoisotopic (exact) mass is 233 g/mol. The SMILES string of the molecule is Cc1cc(N)ccc1C1CCN(N(C)C)CC1. The Bertz CT molecular complexity index is 379. The van der Waals surface area contributed by atoms with Crippen molar-refractivity contribution in [2.75, 3.05) is 32.9 Å². The van der Waals surface area contributed by atoms with E-state index < -0.39 is 0 Å². The van der Waals surface area contributed by atoms with Crippen LogP contribution in [0.25, 0.3) is 0 Å². The smallest absolute Gasteiger partial charge is 0.0316 e. The number of nitrogens with two attached hydrogens (primary N) is 1. The summed E-state index contributed by atoms with van der Waals surface area (Å²) >= 11 is 0. The van der Waals surface area contributed by atoms with Crippen LogP contribution in [0.5, 0.6) is 0 Å². The molecule has 0 bridgehead atoms. The van der Waals surface area contributed by atoms with Crippen LogP contribution in [0.3, 0.4) is 0 Å². The number of piperidine rings is 1. The summed E-state index contributed by atoms with van der Waals surface area (Å²) in [5.41, 5.74) is 9.50. The van der Waals surface area contributed by atoms with Gasteiger partial charge in [-0.2, -0.15) is 0 Å². The fourth-order valence-electron chi connectivity index (χ4n) is 2.73. The maximum Gasteiger partial charge on any atom is 0.0316 e. The normalized spacial score (nSPS) is 18.8. The summed E-state index contributed by atoms with van der Waals surface area (Å²) < 4.78 is 0. The van der Waals surface area contributed by atoms with E-state index >= 15 is 0 Å². The van der Waals surface area contributed by atoms with Crippen LogP contribution in [0.2, 0.25) is 0 Å². The highest BCUT2D eigenvalue weighted by Crippen LogP contribution is 2.31. The summed E-state index contributed by atoms with van der Waals surface area (Å²) in [5, 5.41) is 4.61. The maximum atomic E-state index is 5.80. The van der Waals surface area contributed by atoms with Gasteiger partial charge in [0.1, 0.15) is 0 Å².